The first kappa shape index (κ1) is 13.1. The molecule has 0 fully saturated rings. The molecule has 1 heterocycles. The molecule has 0 unspecified atom stereocenters. The Hall–Kier alpha value is -2.34. The summed E-state index contributed by atoms with van der Waals surface area (Å²) in [5.41, 5.74) is 6.89. The number of benzene rings is 1. The first-order chi connectivity index (χ1) is 9.08. The van der Waals surface area contributed by atoms with Crippen LogP contribution >= 0.6 is 11.3 Å². The molecule has 0 bridgehead atoms. The fourth-order valence-corrected chi connectivity index (χ4v) is 2.28. The predicted octanol–water partition coefficient (Wildman–Crippen LogP) is 2.77. The van der Waals surface area contributed by atoms with E-state index < -0.39 is 6.09 Å². The molecular weight excluding hydrogens is 264 g/mol. The molecule has 5 nitrogen and oxygen atoms in total. The number of hydrogen-bond donors (Lipinski definition) is 2. The molecule has 0 aliphatic heterocycles. The van der Waals surface area contributed by atoms with Gasteiger partial charge in [-0.25, -0.2) is 4.79 Å². The van der Waals surface area contributed by atoms with Crippen molar-refractivity contribution in [3.05, 3.63) is 46.8 Å². The molecule has 2 aromatic rings. The minimum Gasteiger partial charge on any atom is -0.399 e. The summed E-state index contributed by atoms with van der Waals surface area (Å²) in [5.74, 6) is -0.341. The number of thiophene rings is 1. The number of amides is 2. The van der Waals surface area contributed by atoms with Gasteiger partial charge in [-0.05, 0) is 30.0 Å². The SMILES string of the molecule is Cc1ccccc1NC(=O)c1ccsc1OC(N)=O. The minimum absolute atomic E-state index is 0.193. The van der Waals surface area contributed by atoms with E-state index in [0.717, 1.165) is 16.9 Å². The number of carbonyl (C=O) groups is 2. The Balaban J connectivity index is 2.19. The molecule has 0 aliphatic rings. The van der Waals surface area contributed by atoms with Gasteiger partial charge in [0.25, 0.3) is 5.91 Å². The highest BCUT2D eigenvalue weighted by Crippen LogP contribution is 2.27. The van der Waals surface area contributed by atoms with E-state index in [-0.39, 0.29) is 16.5 Å². The lowest BCUT2D eigenvalue weighted by molar-refractivity contribution is 0.102. The van der Waals surface area contributed by atoms with Crippen LogP contribution in [0.25, 0.3) is 0 Å². The second kappa shape index (κ2) is 5.53. The lowest BCUT2D eigenvalue weighted by Crippen LogP contribution is -2.18. The monoisotopic (exact) mass is 276 g/mol. The van der Waals surface area contributed by atoms with Crippen molar-refractivity contribution < 1.29 is 14.3 Å². The van der Waals surface area contributed by atoms with Crippen LogP contribution in [-0.2, 0) is 0 Å². The molecule has 2 rings (SSSR count). The van der Waals surface area contributed by atoms with Gasteiger partial charge in [-0.3, -0.25) is 4.79 Å². The molecule has 19 heavy (non-hydrogen) atoms. The van der Waals surface area contributed by atoms with Crippen molar-refractivity contribution >= 4 is 29.0 Å². The number of aryl methyl sites for hydroxylation is 1. The quantitative estimate of drug-likeness (QED) is 0.904. The molecule has 1 aromatic carbocycles. The molecule has 0 atom stereocenters. The fraction of sp³-hybridized carbons (Fsp3) is 0.0769. The standard InChI is InChI=1S/C13H12N2O3S/c1-8-4-2-3-5-10(8)15-11(16)9-6-7-19-12(9)18-13(14)17/h2-7H,1H3,(H2,14,17)(H,15,16). The summed E-state index contributed by atoms with van der Waals surface area (Å²) in [7, 11) is 0. The van der Waals surface area contributed by atoms with Crippen molar-refractivity contribution in [1.29, 1.82) is 0 Å². The molecule has 1 aromatic heterocycles. The highest BCUT2D eigenvalue weighted by atomic mass is 32.1. The third-order valence-electron chi connectivity index (χ3n) is 2.46. The number of nitrogens with one attached hydrogen (secondary N) is 1. The van der Waals surface area contributed by atoms with E-state index >= 15 is 0 Å². The maximum absolute atomic E-state index is 12.1. The number of para-hydroxylation sites is 1. The van der Waals surface area contributed by atoms with Gasteiger partial charge in [0.15, 0.2) is 5.06 Å². The lowest BCUT2D eigenvalue weighted by atomic mass is 10.2. The van der Waals surface area contributed by atoms with Crippen molar-refractivity contribution in [2.24, 2.45) is 5.73 Å². The molecular formula is C13H12N2O3S. The van der Waals surface area contributed by atoms with Crippen LogP contribution < -0.4 is 15.8 Å². The molecule has 6 heteroatoms. The van der Waals surface area contributed by atoms with E-state index in [2.05, 4.69) is 5.32 Å². The first-order valence-electron chi connectivity index (χ1n) is 5.49. The summed E-state index contributed by atoms with van der Waals surface area (Å²) in [6, 6.07) is 8.99. The van der Waals surface area contributed by atoms with Crippen LogP contribution in [0.2, 0.25) is 0 Å². The van der Waals surface area contributed by atoms with Crippen LogP contribution in [0.4, 0.5) is 10.5 Å². The highest BCUT2D eigenvalue weighted by molar-refractivity contribution is 7.12. The third kappa shape index (κ3) is 3.11. The number of primary amides is 1. The molecule has 0 spiro atoms. The summed E-state index contributed by atoms with van der Waals surface area (Å²) in [5, 5.41) is 4.61. The average molecular weight is 276 g/mol. The van der Waals surface area contributed by atoms with Crippen LogP contribution in [0, 0.1) is 6.92 Å². The number of rotatable bonds is 3. The van der Waals surface area contributed by atoms with Crippen molar-refractivity contribution in [3.8, 4) is 5.06 Å². The van der Waals surface area contributed by atoms with E-state index in [1.54, 1.807) is 17.5 Å². The smallest absolute Gasteiger partial charge is 0.399 e. The zero-order chi connectivity index (χ0) is 13.8. The zero-order valence-corrected chi connectivity index (χ0v) is 11.0. The van der Waals surface area contributed by atoms with Crippen molar-refractivity contribution in [3.63, 3.8) is 0 Å². The van der Waals surface area contributed by atoms with E-state index in [0.29, 0.717) is 5.69 Å². The predicted molar refractivity (Wildman–Crippen MR) is 73.7 cm³/mol. The van der Waals surface area contributed by atoms with Gasteiger partial charge in [-0.2, -0.15) is 0 Å². The highest BCUT2D eigenvalue weighted by Gasteiger charge is 2.16. The zero-order valence-electron chi connectivity index (χ0n) is 10.2. The van der Waals surface area contributed by atoms with Crippen LogP contribution in [0.3, 0.4) is 0 Å². The van der Waals surface area contributed by atoms with Crippen LogP contribution in [0.15, 0.2) is 35.7 Å². The average Bonchev–Trinajstić information content (AvgIpc) is 2.79. The number of ether oxygens (including phenoxy) is 1. The van der Waals surface area contributed by atoms with Gasteiger partial charge in [0.1, 0.15) is 0 Å². The van der Waals surface area contributed by atoms with Crippen molar-refractivity contribution in [1.82, 2.24) is 0 Å². The van der Waals surface area contributed by atoms with Gasteiger partial charge in [-0.15, -0.1) is 11.3 Å². The molecule has 0 radical (unpaired) electrons. The molecule has 3 N–H and O–H groups in total. The van der Waals surface area contributed by atoms with E-state index in [1.807, 2.05) is 25.1 Å². The summed E-state index contributed by atoms with van der Waals surface area (Å²) < 4.78 is 4.77. The van der Waals surface area contributed by atoms with Gasteiger partial charge in [-0.1, -0.05) is 18.2 Å². The number of nitrogens with two attached hydrogens (primary N) is 1. The molecule has 98 valence electrons. The summed E-state index contributed by atoms with van der Waals surface area (Å²) in [4.78, 5) is 22.8. The summed E-state index contributed by atoms with van der Waals surface area (Å²) >= 11 is 1.14. The second-order valence-electron chi connectivity index (χ2n) is 3.81. The van der Waals surface area contributed by atoms with Gasteiger partial charge in [0.2, 0.25) is 0 Å². The largest absolute Gasteiger partial charge is 0.410 e. The fourth-order valence-electron chi connectivity index (χ4n) is 1.54. The van der Waals surface area contributed by atoms with Crippen molar-refractivity contribution in [2.45, 2.75) is 6.92 Å². The third-order valence-corrected chi connectivity index (χ3v) is 3.25. The first-order valence-corrected chi connectivity index (χ1v) is 6.37. The summed E-state index contributed by atoms with van der Waals surface area (Å²) in [6.45, 7) is 1.89. The topological polar surface area (TPSA) is 81.4 Å². The number of hydrogen-bond acceptors (Lipinski definition) is 4. The maximum Gasteiger partial charge on any atom is 0.410 e. The summed E-state index contributed by atoms with van der Waals surface area (Å²) in [6.07, 6.45) is -0.938. The molecule has 0 saturated heterocycles. The Morgan fingerprint density at radius 3 is 2.68 bits per heavy atom. The Labute approximate surface area is 114 Å². The number of carbonyl (C=O) groups excluding carboxylic acids is 2. The number of anilines is 1. The molecule has 2 amide bonds. The van der Waals surface area contributed by atoms with Crippen LogP contribution in [0.1, 0.15) is 15.9 Å². The van der Waals surface area contributed by atoms with E-state index in [9.17, 15) is 9.59 Å². The normalized spacial score (nSPS) is 9.95. The van der Waals surface area contributed by atoms with E-state index in [4.69, 9.17) is 10.5 Å². The lowest BCUT2D eigenvalue weighted by Gasteiger charge is -2.08. The molecule has 0 saturated carbocycles. The van der Waals surface area contributed by atoms with Crippen molar-refractivity contribution in [2.75, 3.05) is 5.32 Å². The van der Waals surface area contributed by atoms with Gasteiger partial charge in [0, 0.05) is 5.69 Å². The van der Waals surface area contributed by atoms with Gasteiger partial charge >= 0.3 is 6.09 Å². The minimum atomic E-state index is -0.938. The Bertz CT molecular complexity index is 622. The second-order valence-corrected chi connectivity index (χ2v) is 4.69. The maximum atomic E-state index is 12.1. The van der Waals surface area contributed by atoms with E-state index in [1.165, 1.54) is 0 Å². The Kier molecular flexibility index (Phi) is 3.82. The molecule has 0 aliphatic carbocycles. The van der Waals surface area contributed by atoms with Gasteiger partial charge < -0.3 is 15.8 Å². The van der Waals surface area contributed by atoms with Gasteiger partial charge in [0.05, 0.1) is 5.56 Å². The van der Waals surface area contributed by atoms with Crippen LogP contribution in [0.5, 0.6) is 5.06 Å². The van der Waals surface area contributed by atoms with Crippen LogP contribution in [-0.4, -0.2) is 12.0 Å². The Morgan fingerprint density at radius 1 is 1.26 bits per heavy atom. The Morgan fingerprint density at radius 2 is 2.00 bits per heavy atom.